The average molecular weight is 571 g/mol. The number of rotatable bonds is 2. The lowest BCUT2D eigenvalue weighted by molar-refractivity contribution is 0.660. The second-order valence-corrected chi connectivity index (χ2v) is 13.2. The van der Waals surface area contributed by atoms with Gasteiger partial charge in [0.2, 0.25) is 0 Å². The molecule has 0 unspecified atom stereocenters. The first kappa shape index (κ1) is 24.9. The maximum atomic E-state index is 2.41. The molecule has 210 valence electrons. The van der Waals surface area contributed by atoms with E-state index in [2.05, 4.69) is 159 Å². The van der Waals surface area contributed by atoms with Gasteiger partial charge in [-0.15, -0.1) is 0 Å². The SMILES string of the molecule is CC1(C)c2cccc3c2-c2c(cccc21)-c1ccc(-c2c4ccccc4c(-c4ccccc4)c4ccccc24)c2cccc-3c12. The van der Waals surface area contributed by atoms with Crippen LogP contribution < -0.4 is 0 Å². The maximum absolute atomic E-state index is 2.41. The summed E-state index contributed by atoms with van der Waals surface area (Å²) in [5.41, 5.74) is 16.2. The van der Waals surface area contributed by atoms with Gasteiger partial charge in [0.05, 0.1) is 0 Å². The summed E-state index contributed by atoms with van der Waals surface area (Å²) < 4.78 is 0. The van der Waals surface area contributed by atoms with E-state index >= 15 is 0 Å². The molecule has 2 aliphatic rings. The summed E-state index contributed by atoms with van der Waals surface area (Å²) in [6, 6.07) is 54.5. The molecule has 0 spiro atoms. The first-order chi connectivity index (χ1) is 22.1. The van der Waals surface area contributed by atoms with Crippen molar-refractivity contribution in [3.63, 3.8) is 0 Å². The van der Waals surface area contributed by atoms with Crippen LogP contribution in [0.2, 0.25) is 0 Å². The summed E-state index contributed by atoms with van der Waals surface area (Å²) in [4.78, 5) is 0. The predicted octanol–water partition coefficient (Wildman–Crippen LogP) is 12.4. The minimum atomic E-state index is -0.0274. The van der Waals surface area contributed by atoms with Crippen LogP contribution in [-0.2, 0) is 5.41 Å². The van der Waals surface area contributed by atoms with Gasteiger partial charge in [-0.1, -0.05) is 159 Å². The van der Waals surface area contributed by atoms with Gasteiger partial charge >= 0.3 is 0 Å². The van der Waals surface area contributed by atoms with Crippen LogP contribution in [0.25, 0.3) is 88.0 Å². The van der Waals surface area contributed by atoms with Crippen LogP contribution in [0.4, 0.5) is 0 Å². The summed E-state index contributed by atoms with van der Waals surface area (Å²) in [6.07, 6.45) is 0. The molecule has 0 radical (unpaired) electrons. The Bertz CT molecular complexity index is 2430. The molecule has 0 amide bonds. The fraction of sp³-hybridized carbons (Fsp3) is 0.0667. The van der Waals surface area contributed by atoms with Gasteiger partial charge in [0.25, 0.3) is 0 Å². The number of hydrogen-bond donors (Lipinski definition) is 0. The highest BCUT2D eigenvalue weighted by Crippen LogP contribution is 2.59. The van der Waals surface area contributed by atoms with Crippen molar-refractivity contribution in [3.05, 3.63) is 157 Å². The molecule has 45 heavy (non-hydrogen) atoms. The lowest BCUT2D eigenvalue weighted by atomic mass is 9.80. The van der Waals surface area contributed by atoms with Crippen molar-refractivity contribution in [2.24, 2.45) is 0 Å². The van der Waals surface area contributed by atoms with E-state index < -0.39 is 0 Å². The molecule has 0 nitrogen and oxygen atoms in total. The lowest BCUT2D eigenvalue weighted by Crippen LogP contribution is -2.15. The van der Waals surface area contributed by atoms with Crippen LogP contribution in [0.1, 0.15) is 25.0 Å². The first-order valence-corrected chi connectivity index (χ1v) is 16.0. The third-order valence-electron chi connectivity index (χ3n) is 10.6. The Morgan fingerprint density at radius 2 is 0.756 bits per heavy atom. The second-order valence-electron chi connectivity index (χ2n) is 13.2. The Kier molecular flexibility index (Phi) is 4.88. The maximum Gasteiger partial charge on any atom is 0.0159 e. The Balaban J connectivity index is 1.37. The number of benzene rings is 8. The van der Waals surface area contributed by atoms with Crippen molar-refractivity contribution in [2.45, 2.75) is 19.3 Å². The van der Waals surface area contributed by atoms with Crippen LogP contribution in [0, 0.1) is 0 Å². The molecule has 0 bridgehead atoms. The molecule has 0 fully saturated rings. The van der Waals surface area contributed by atoms with Gasteiger partial charge in [-0.25, -0.2) is 0 Å². The molecule has 8 aromatic carbocycles. The molecule has 0 aliphatic heterocycles. The van der Waals surface area contributed by atoms with E-state index in [9.17, 15) is 0 Å². The monoisotopic (exact) mass is 570 g/mol. The van der Waals surface area contributed by atoms with E-state index in [-0.39, 0.29) is 5.41 Å². The fourth-order valence-electron chi connectivity index (χ4n) is 8.69. The molecule has 0 heteroatoms. The van der Waals surface area contributed by atoms with Crippen molar-refractivity contribution in [3.8, 4) is 55.6 Å². The molecule has 8 aromatic rings. The van der Waals surface area contributed by atoms with Gasteiger partial charge in [-0.05, 0) is 99.1 Å². The summed E-state index contributed by atoms with van der Waals surface area (Å²) in [7, 11) is 0. The van der Waals surface area contributed by atoms with Gasteiger partial charge in [0.1, 0.15) is 0 Å². The molecule has 0 N–H and O–H groups in total. The molecule has 2 aliphatic carbocycles. The Labute approximate surface area is 263 Å². The zero-order valence-electron chi connectivity index (χ0n) is 25.4. The minimum Gasteiger partial charge on any atom is -0.0622 e. The standard InChI is InChI=1S/C45H30/c1-45(2)38-23-11-21-34-32-19-10-20-33-36(25-26-37(42(32)33)35-22-12-24-39(45)44(35)43(34)38)41-30-17-8-6-15-28(30)40(27-13-4-3-5-14-27)29-16-7-9-18-31(29)41/h3-26H,1-2H3. The summed E-state index contributed by atoms with van der Waals surface area (Å²) >= 11 is 0. The van der Waals surface area contributed by atoms with Gasteiger partial charge in [0, 0.05) is 5.41 Å². The van der Waals surface area contributed by atoms with E-state index in [1.54, 1.807) is 0 Å². The normalized spacial score (nSPS) is 13.7. The first-order valence-electron chi connectivity index (χ1n) is 16.0. The summed E-state index contributed by atoms with van der Waals surface area (Å²) in [5, 5.41) is 7.81. The fourth-order valence-corrected chi connectivity index (χ4v) is 8.69. The molecule has 0 saturated heterocycles. The van der Waals surface area contributed by atoms with Gasteiger partial charge in [-0.2, -0.15) is 0 Å². The van der Waals surface area contributed by atoms with Crippen molar-refractivity contribution >= 4 is 32.3 Å². The Morgan fingerprint density at radius 3 is 1.36 bits per heavy atom. The molecule has 0 heterocycles. The zero-order valence-corrected chi connectivity index (χ0v) is 25.4. The summed E-state index contributed by atoms with van der Waals surface area (Å²) in [5.74, 6) is 0. The highest BCUT2D eigenvalue weighted by Gasteiger charge is 2.40. The number of fused-ring (bicyclic) bond motifs is 4. The summed E-state index contributed by atoms with van der Waals surface area (Å²) in [6.45, 7) is 4.76. The predicted molar refractivity (Wildman–Crippen MR) is 192 cm³/mol. The topological polar surface area (TPSA) is 0 Å². The molecular weight excluding hydrogens is 540 g/mol. The third kappa shape index (κ3) is 3.16. The quantitative estimate of drug-likeness (QED) is 0.181. The van der Waals surface area contributed by atoms with Crippen LogP contribution in [0.15, 0.2) is 146 Å². The van der Waals surface area contributed by atoms with E-state index in [4.69, 9.17) is 0 Å². The van der Waals surface area contributed by atoms with Crippen LogP contribution in [0.3, 0.4) is 0 Å². The molecule has 0 saturated carbocycles. The number of hydrogen-bond acceptors (Lipinski definition) is 0. The van der Waals surface area contributed by atoms with Crippen molar-refractivity contribution in [1.29, 1.82) is 0 Å². The Morgan fingerprint density at radius 1 is 0.311 bits per heavy atom. The van der Waals surface area contributed by atoms with Crippen molar-refractivity contribution in [2.75, 3.05) is 0 Å². The Hall–Kier alpha value is -5.46. The van der Waals surface area contributed by atoms with Crippen LogP contribution >= 0.6 is 0 Å². The average Bonchev–Trinajstić information content (AvgIpc) is 3.25. The highest BCUT2D eigenvalue weighted by molar-refractivity contribution is 6.26. The van der Waals surface area contributed by atoms with Gasteiger partial charge in [-0.3, -0.25) is 0 Å². The van der Waals surface area contributed by atoms with Crippen LogP contribution in [0.5, 0.6) is 0 Å². The van der Waals surface area contributed by atoms with Gasteiger partial charge in [0.15, 0.2) is 0 Å². The minimum absolute atomic E-state index is 0.0274. The lowest BCUT2D eigenvalue weighted by Gasteiger charge is -2.23. The highest BCUT2D eigenvalue weighted by atomic mass is 14.4. The van der Waals surface area contributed by atoms with E-state index in [0.29, 0.717) is 0 Å². The largest absolute Gasteiger partial charge is 0.0622 e. The molecule has 10 rings (SSSR count). The molecule has 0 atom stereocenters. The zero-order chi connectivity index (χ0) is 29.9. The van der Waals surface area contributed by atoms with Gasteiger partial charge < -0.3 is 0 Å². The van der Waals surface area contributed by atoms with E-state index in [0.717, 1.165) is 0 Å². The van der Waals surface area contributed by atoms with Crippen LogP contribution in [-0.4, -0.2) is 0 Å². The molecule has 0 aromatic heterocycles. The van der Waals surface area contributed by atoms with E-state index in [1.165, 1.54) is 99.1 Å². The molecular formula is C45H30. The van der Waals surface area contributed by atoms with Crippen molar-refractivity contribution < 1.29 is 0 Å². The van der Waals surface area contributed by atoms with Crippen molar-refractivity contribution in [1.82, 2.24) is 0 Å². The van der Waals surface area contributed by atoms with E-state index in [1.807, 2.05) is 0 Å². The third-order valence-corrected chi connectivity index (χ3v) is 10.6. The smallest absolute Gasteiger partial charge is 0.0159 e. The second kappa shape index (κ2) is 8.80.